The minimum Gasteiger partial charge on any atom is -0.392 e. The fraction of sp³-hybridized carbons (Fsp3) is 0.571. The summed E-state index contributed by atoms with van der Waals surface area (Å²) < 4.78 is 0. The second kappa shape index (κ2) is 3.34. The molecule has 0 saturated heterocycles. The molecule has 4 rings (SSSR count). The molecule has 15 heavy (non-hydrogen) atoms. The minimum absolute atomic E-state index is 0.0933. The van der Waals surface area contributed by atoms with Gasteiger partial charge in [0.2, 0.25) is 0 Å². The third-order valence-corrected chi connectivity index (χ3v) is 4.54. The van der Waals surface area contributed by atoms with Crippen molar-refractivity contribution in [3.8, 4) is 0 Å². The molecule has 1 atom stereocenters. The maximum atomic E-state index is 10.3. The molecule has 80 valence electrons. The first-order chi connectivity index (χ1) is 7.31. The zero-order valence-corrected chi connectivity index (χ0v) is 9.02. The Hall–Kier alpha value is -0.820. The molecule has 0 heterocycles. The summed E-state index contributed by atoms with van der Waals surface area (Å²) in [6.45, 7) is 0. The molecule has 1 nitrogen and oxygen atoms in total. The average Bonchev–Trinajstić information content (AvgIpc) is 2.32. The lowest BCUT2D eigenvalue weighted by Crippen LogP contribution is -2.49. The number of fused-ring (bicyclic) bond motifs is 3. The number of aliphatic hydroxyl groups is 1. The molecule has 1 unspecified atom stereocenters. The Morgan fingerprint density at radius 3 is 2.33 bits per heavy atom. The van der Waals surface area contributed by atoms with Crippen molar-refractivity contribution in [3.05, 3.63) is 35.9 Å². The van der Waals surface area contributed by atoms with E-state index in [9.17, 15) is 5.11 Å². The van der Waals surface area contributed by atoms with Crippen LogP contribution in [0.25, 0.3) is 0 Å². The van der Waals surface area contributed by atoms with E-state index in [0.717, 1.165) is 12.3 Å². The van der Waals surface area contributed by atoms with E-state index in [4.69, 9.17) is 0 Å². The highest BCUT2D eigenvalue weighted by Gasteiger charge is 2.47. The lowest BCUT2D eigenvalue weighted by molar-refractivity contribution is -0.0247. The van der Waals surface area contributed by atoms with Crippen LogP contribution in [0.5, 0.6) is 0 Å². The summed E-state index contributed by atoms with van der Waals surface area (Å²) in [5.41, 5.74) is 1.45. The van der Waals surface area contributed by atoms with Crippen molar-refractivity contribution in [2.24, 2.45) is 5.92 Å². The zero-order valence-electron chi connectivity index (χ0n) is 9.02. The molecule has 0 aromatic heterocycles. The lowest BCUT2D eigenvalue weighted by Gasteiger charge is -2.50. The topological polar surface area (TPSA) is 20.2 Å². The van der Waals surface area contributed by atoms with Crippen molar-refractivity contribution >= 4 is 0 Å². The highest BCUT2D eigenvalue weighted by molar-refractivity contribution is 5.29. The molecule has 1 N–H and O–H groups in total. The van der Waals surface area contributed by atoms with Crippen LogP contribution in [-0.4, -0.2) is 11.2 Å². The van der Waals surface area contributed by atoms with Gasteiger partial charge < -0.3 is 5.11 Å². The first kappa shape index (κ1) is 9.41. The monoisotopic (exact) mass is 202 g/mol. The predicted octanol–water partition coefficient (Wildman–Crippen LogP) is 2.88. The van der Waals surface area contributed by atoms with Crippen LogP contribution in [0.4, 0.5) is 0 Å². The van der Waals surface area contributed by atoms with Gasteiger partial charge in [0.25, 0.3) is 0 Å². The maximum Gasteiger partial charge on any atom is 0.0639 e. The standard InChI is InChI=1S/C14H18O/c15-13-10-11-6-8-14(13,9-7-11)12-4-2-1-3-5-12/h1-5,11,13,15H,6-10H2. The summed E-state index contributed by atoms with van der Waals surface area (Å²) in [5, 5.41) is 10.3. The number of hydrogen-bond donors (Lipinski definition) is 1. The molecular weight excluding hydrogens is 184 g/mol. The molecular formula is C14H18O. The third-order valence-electron chi connectivity index (χ3n) is 4.54. The largest absolute Gasteiger partial charge is 0.392 e. The van der Waals surface area contributed by atoms with Crippen molar-refractivity contribution in [1.82, 2.24) is 0 Å². The molecule has 0 radical (unpaired) electrons. The van der Waals surface area contributed by atoms with Gasteiger partial charge in [0, 0.05) is 5.41 Å². The molecule has 1 heteroatoms. The van der Waals surface area contributed by atoms with E-state index in [1.807, 2.05) is 0 Å². The van der Waals surface area contributed by atoms with Crippen LogP contribution in [0, 0.1) is 5.92 Å². The van der Waals surface area contributed by atoms with Crippen molar-refractivity contribution in [1.29, 1.82) is 0 Å². The van der Waals surface area contributed by atoms with Crippen LogP contribution in [0.15, 0.2) is 30.3 Å². The van der Waals surface area contributed by atoms with Crippen LogP contribution >= 0.6 is 0 Å². The molecule has 3 aliphatic carbocycles. The first-order valence-electron chi connectivity index (χ1n) is 6.05. The number of hydrogen-bond acceptors (Lipinski definition) is 1. The van der Waals surface area contributed by atoms with Crippen LogP contribution in [-0.2, 0) is 5.41 Å². The highest BCUT2D eigenvalue weighted by atomic mass is 16.3. The maximum absolute atomic E-state index is 10.3. The fourth-order valence-corrected chi connectivity index (χ4v) is 3.55. The van der Waals surface area contributed by atoms with Crippen molar-refractivity contribution in [2.75, 3.05) is 0 Å². The highest BCUT2D eigenvalue weighted by Crippen LogP contribution is 2.51. The van der Waals surface area contributed by atoms with E-state index in [2.05, 4.69) is 30.3 Å². The molecule has 1 aromatic carbocycles. The Labute approximate surface area is 91.1 Å². The fourth-order valence-electron chi connectivity index (χ4n) is 3.55. The SMILES string of the molecule is OC1CC2CCC1(c1ccccc1)CC2. The quantitative estimate of drug-likeness (QED) is 0.742. The van der Waals surface area contributed by atoms with E-state index < -0.39 is 0 Å². The van der Waals surface area contributed by atoms with Crippen LogP contribution in [0.3, 0.4) is 0 Å². The Morgan fingerprint density at radius 1 is 1.07 bits per heavy atom. The summed E-state index contributed by atoms with van der Waals surface area (Å²) >= 11 is 0. The van der Waals surface area contributed by atoms with Crippen molar-refractivity contribution in [2.45, 2.75) is 43.6 Å². The van der Waals surface area contributed by atoms with Crippen LogP contribution in [0.2, 0.25) is 0 Å². The molecule has 0 aliphatic heterocycles. The van der Waals surface area contributed by atoms with Gasteiger partial charge >= 0.3 is 0 Å². The molecule has 0 amide bonds. The number of rotatable bonds is 1. The van der Waals surface area contributed by atoms with Gasteiger partial charge in [-0.1, -0.05) is 30.3 Å². The Bertz CT molecular complexity index is 336. The Kier molecular flexibility index (Phi) is 2.10. The van der Waals surface area contributed by atoms with Crippen molar-refractivity contribution < 1.29 is 5.11 Å². The average molecular weight is 202 g/mol. The lowest BCUT2D eigenvalue weighted by atomic mass is 9.56. The van der Waals surface area contributed by atoms with E-state index in [0.29, 0.717) is 0 Å². The number of benzene rings is 1. The summed E-state index contributed by atoms with van der Waals surface area (Å²) in [6, 6.07) is 10.6. The van der Waals surface area contributed by atoms with Gasteiger partial charge in [0.1, 0.15) is 0 Å². The van der Waals surface area contributed by atoms with E-state index in [1.165, 1.54) is 31.2 Å². The summed E-state index contributed by atoms with van der Waals surface area (Å²) in [7, 11) is 0. The summed E-state index contributed by atoms with van der Waals surface area (Å²) in [4.78, 5) is 0. The van der Waals surface area contributed by atoms with Crippen LogP contribution in [0.1, 0.15) is 37.7 Å². The van der Waals surface area contributed by atoms with Gasteiger partial charge in [0.05, 0.1) is 6.10 Å². The van der Waals surface area contributed by atoms with Crippen LogP contribution < -0.4 is 0 Å². The van der Waals surface area contributed by atoms with Crippen molar-refractivity contribution in [3.63, 3.8) is 0 Å². The van der Waals surface area contributed by atoms with E-state index in [1.54, 1.807) is 0 Å². The second-order valence-electron chi connectivity index (χ2n) is 5.22. The van der Waals surface area contributed by atoms with Gasteiger partial charge in [-0.15, -0.1) is 0 Å². The molecule has 2 bridgehead atoms. The Balaban J connectivity index is 2.01. The number of aliphatic hydroxyl groups excluding tert-OH is 1. The first-order valence-corrected chi connectivity index (χ1v) is 6.05. The van der Waals surface area contributed by atoms with Gasteiger partial charge in [-0.2, -0.15) is 0 Å². The normalized spacial score (nSPS) is 39.3. The van der Waals surface area contributed by atoms with Gasteiger partial charge in [-0.25, -0.2) is 0 Å². The molecule has 0 spiro atoms. The van der Waals surface area contributed by atoms with E-state index in [-0.39, 0.29) is 11.5 Å². The van der Waals surface area contributed by atoms with Gasteiger partial charge in [0.15, 0.2) is 0 Å². The summed E-state index contributed by atoms with van der Waals surface area (Å²) in [5.74, 6) is 0.797. The van der Waals surface area contributed by atoms with Gasteiger partial charge in [-0.05, 0) is 43.6 Å². The smallest absolute Gasteiger partial charge is 0.0639 e. The third kappa shape index (κ3) is 1.33. The van der Waals surface area contributed by atoms with E-state index >= 15 is 0 Å². The molecule has 3 fully saturated rings. The zero-order chi connectivity index (χ0) is 10.3. The Morgan fingerprint density at radius 2 is 1.73 bits per heavy atom. The summed E-state index contributed by atoms with van der Waals surface area (Å²) in [6.07, 6.45) is 5.91. The predicted molar refractivity (Wildman–Crippen MR) is 60.7 cm³/mol. The molecule has 3 aliphatic rings. The minimum atomic E-state index is -0.104. The molecule has 1 aromatic rings. The molecule has 3 saturated carbocycles. The second-order valence-corrected chi connectivity index (χ2v) is 5.22. The van der Waals surface area contributed by atoms with Gasteiger partial charge in [-0.3, -0.25) is 0 Å².